The predicted octanol–water partition coefficient (Wildman–Crippen LogP) is 20.5. The number of H-pyrrole nitrogens is 2. The van der Waals surface area contributed by atoms with Gasteiger partial charge < -0.3 is 28.9 Å². The molecule has 13 rings (SSSR count). The van der Waals surface area contributed by atoms with E-state index in [1.165, 1.54) is 0 Å². The number of aromatic nitrogens is 4. The van der Waals surface area contributed by atoms with E-state index in [1.54, 1.807) is 28.4 Å². The van der Waals surface area contributed by atoms with E-state index < -0.39 is 0 Å². The first-order valence-corrected chi connectivity index (χ1v) is 30.8. The molecule has 2 N–H and O–H groups in total. The fourth-order valence-electron chi connectivity index (χ4n) is 13.4. The van der Waals surface area contributed by atoms with Crippen LogP contribution in [0.4, 0.5) is 0 Å². The molecule has 0 unspecified atom stereocenters. The number of methoxy groups -OCH3 is 4. The third-order valence-electron chi connectivity index (χ3n) is 18.2. The van der Waals surface area contributed by atoms with E-state index in [-0.39, 0.29) is 21.7 Å². The Morgan fingerprint density at radius 3 is 0.830 bits per heavy atom. The van der Waals surface area contributed by atoms with Crippen molar-refractivity contribution in [3.8, 4) is 90.8 Å². The summed E-state index contributed by atoms with van der Waals surface area (Å²) in [5, 5.41) is 8.94. The monoisotopic (exact) mass is 1160 g/mol. The van der Waals surface area contributed by atoms with E-state index in [2.05, 4.69) is 251 Å². The molecule has 0 aliphatic heterocycles. The molecule has 1 aliphatic carbocycles. The van der Waals surface area contributed by atoms with Gasteiger partial charge in [0.2, 0.25) is 0 Å². The number of benzene rings is 10. The SMILES string of the molecule is COc1c2cc(C(C)(C)C)cc1-c1nc(-c3c4ccccc4cc4ccccc34)[nH]c1-c1cc(C(C)(C)C)cc(c1OC)Cc1cc(C(C)(C)C)cc(c1OC)-c1[nH]c(-c3c4ccccc4cc4ccccc34)nc1-c1cc(C(C)(C)C)cc(c1OC)C2. The summed E-state index contributed by atoms with van der Waals surface area (Å²) in [6.07, 6.45) is 0.927. The lowest BCUT2D eigenvalue weighted by Gasteiger charge is -2.27. The lowest BCUT2D eigenvalue weighted by atomic mass is 9.80. The van der Waals surface area contributed by atoms with Crippen molar-refractivity contribution in [3.05, 3.63) is 202 Å². The van der Waals surface area contributed by atoms with Gasteiger partial charge in [-0.3, -0.25) is 0 Å². The van der Waals surface area contributed by atoms with E-state index in [1.807, 2.05) is 0 Å². The predicted molar refractivity (Wildman–Crippen MR) is 366 cm³/mol. The van der Waals surface area contributed by atoms with Crippen LogP contribution in [0, 0.1) is 0 Å². The summed E-state index contributed by atoms with van der Waals surface area (Å²) in [4.78, 5) is 20.0. The van der Waals surface area contributed by atoms with Crippen molar-refractivity contribution < 1.29 is 18.9 Å². The maximum Gasteiger partial charge on any atom is 0.139 e. The van der Waals surface area contributed by atoms with Crippen molar-refractivity contribution in [3.63, 3.8) is 0 Å². The summed E-state index contributed by atoms with van der Waals surface area (Å²) in [5.41, 5.74) is 16.2. The van der Waals surface area contributed by atoms with Gasteiger partial charge in [0.05, 0.1) is 39.8 Å². The van der Waals surface area contributed by atoms with E-state index in [4.69, 9.17) is 28.9 Å². The number of fused-ring (bicyclic) bond motifs is 18. The summed E-state index contributed by atoms with van der Waals surface area (Å²) in [6.45, 7) is 27.4. The Morgan fingerprint density at radius 2 is 0.568 bits per heavy atom. The topological polar surface area (TPSA) is 94.3 Å². The molecule has 0 saturated heterocycles. The van der Waals surface area contributed by atoms with Gasteiger partial charge in [-0.2, -0.15) is 0 Å². The number of ether oxygens (including phenoxy) is 4. The van der Waals surface area contributed by atoms with Crippen LogP contribution < -0.4 is 18.9 Å². The molecule has 2 heterocycles. The van der Waals surface area contributed by atoms with Crippen LogP contribution in [-0.2, 0) is 34.5 Å². The molecule has 12 aromatic rings. The zero-order valence-electron chi connectivity index (χ0n) is 54.0. The second-order valence-electron chi connectivity index (χ2n) is 28.2. The number of nitrogens with one attached hydrogen (secondary N) is 2. The van der Waals surface area contributed by atoms with Gasteiger partial charge in [0.15, 0.2) is 0 Å². The second kappa shape index (κ2) is 21.3. The fourth-order valence-corrected chi connectivity index (χ4v) is 13.4. The minimum atomic E-state index is -0.290. The third-order valence-corrected chi connectivity index (χ3v) is 18.2. The average molecular weight is 1160 g/mol. The van der Waals surface area contributed by atoms with Crippen molar-refractivity contribution in [1.29, 1.82) is 0 Å². The van der Waals surface area contributed by atoms with Crippen LogP contribution in [0.2, 0.25) is 0 Å². The van der Waals surface area contributed by atoms with Crippen molar-refractivity contribution in [1.82, 2.24) is 19.9 Å². The molecule has 0 atom stereocenters. The second-order valence-corrected chi connectivity index (χ2v) is 28.2. The largest absolute Gasteiger partial charge is 0.496 e. The zero-order chi connectivity index (χ0) is 61.9. The summed E-state index contributed by atoms with van der Waals surface area (Å²) >= 11 is 0. The van der Waals surface area contributed by atoms with Gasteiger partial charge in [-0.05, 0) is 146 Å². The van der Waals surface area contributed by atoms with Crippen LogP contribution in [0.15, 0.2) is 158 Å². The van der Waals surface area contributed by atoms with Gasteiger partial charge in [0.25, 0.3) is 0 Å². The Balaban J connectivity index is 1.22. The molecule has 1 aliphatic rings. The summed E-state index contributed by atoms with van der Waals surface area (Å²) in [7, 11) is 7.20. The minimum Gasteiger partial charge on any atom is -0.496 e. The molecule has 8 bridgehead atoms. The quantitative estimate of drug-likeness (QED) is 0.161. The Morgan fingerprint density at radius 1 is 0.318 bits per heavy atom. The van der Waals surface area contributed by atoms with Crippen LogP contribution in [0.5, 0.6) is 23.0 Å². The molecular formula is C80H80N4O4. The molecule has 444 valence electrons. The van der Waals surface area contributed by atoms with Crippen molar-refractivity contribution in [2.24, 2.45) is 0 Å². The molecule has 88 heavy (non-hydrogen) atoms. The highest BCUT2D eigenvalue weighted by atomic mass is 16.5. The van der Waals surface area contributed by atoms with Crippen LogP contribution >= 0.6 is 0 Å². The molecule has 8 heteroatoms. The molecule has 0 radical (unpaired) electrons. The third kappa shape index (κ3) is 9.95. The standard InChI is InChI=1S/C80H80N4O4/c1-77(2,3)53-37-49-35-50-38-54(78(4,5)6)43-63(72(50)86-14)69-70(84-76(83-69)66-59-31-23-19-27-47(59)34-48-28-20-24-32-60(48)66)64-44-56(80(10,11)12)40-52(74(64)88-16)36-51-39-55(79(7,8)9)42-62(73(51)87-15)68-67(61(41-53)71(49)85-13)81-75(82-68)65-57-29-21-17-25-45(57)33-46-26-18-22-30-58(46)65/h17-34,37-44H,35-36H2,1-16H3,(H,81,82)(H,83,84). The average Bonchev–Trinajstić information content (AvgIpc) is 1.53. The molecule has 0 spiro atoms. The van der Waals surface area contributed by atoms with Crippen LogP contribution in [0.3, 0.4) is 0 Å². The Hall–Kier alpha value is -9.14. The molecule has 10 aromatic carbocycles. The van der Waals surface area contributed by atoms with E-state index in [0.29, 0.717) is 12.8 Å². The maximum atomic E-state index is 6.89. The highest BCUT2D eigenvalue weighted by Gasteiger charge is 2.34. The Bertz CT molecular complexity index is 4190. The maximum absolute atomic E-state index is 6.89. The van der Waals surface area contributed by atoms with Crippen LogP contribution in [0.25, 0.3) is 111 Å². The summed E-state index contributed by atoms with van der Waals surface area (Å²) < 4.78 is 27.6. The highest BCUT2D eigenvalue weighted by molar-refractivity contribution is 6.13. The normalized spacial score (nSPS) is 12.9. The van der Waals surface area contributed by atoms with E-state index in [0.717, 1.165) is 178 Å². The number of hydrogen-bond donors (Lipinski definition) is 2. The fraction of sp³-hybridized carbons (Fsp3) is 0.275. The minimum absolute atomic E-state index is 0.286. The smallest absolute Gasteiger partial charge is 0.139 e. The lowest BCUT2D eigenvalue weighted by Crippen LogP contribution is -2.15. The number of imidazole rings is 2. The van der Waals surface area contributed by atoms with Gasteiger partial charge in [-0.25, -0.2) is 9.97 Å². The summed E-state index contributed by atoms with van der Waals surface area (Å²) in [6, 6.07) is 57.7. The van der Waals surface area contributed by atoms with Gasteiger partial charge in [0, 0.05) is 46.2 Å². The van der Waals surface area contributed by atoms with Gasteiger partial charge in [-0.15, -0.1) is 0 Å². The first-order chi connectivity index (χ1) is 41.9. The molecular weight excluding hydrogens is 1080 g/mol. The molecule has 0 saturated carbocycles. The van der Waals surface area contributed by atoms with Crippen molar-refractivity contribution >= 4 is 43.1 Å². The number of nitrogens with zero attached hydrogens (tertiary/aromatic N) is 2. The van der Waals surface area contributed by atoms with Gasteiger partial charge in [-0.1, -0.05) is 204 Å². The molecule has 0 fully saturated rings. The van der Waals surface area contributed by atoms with Crippen molar-refractivity contribution in [2.75, 3.05) is 28.4 Å². The van der Waals surface area contributed by atoms with Crippen LogP contribution in [0.1, 0.15) is 128 Å². The zero-order valence-corrected chi connectivity index (χ0v) is 54.0. The van der Waals surface area contributed by atoms with E-state index >= 15 is 0 Å². The van der Waals surface area contributed by atoms with Gasteiger partial charge in [0.1, 0.15) is 46.0 Å². The highest BCUT2D eigenvalue weighted by Crippen LogP contribution is 2.52. The van der Waals surface area contributed by atoms with Crippen LogP contribution in [-0.4, -0.2) is 48.4 Å². The Labute approximate surface area is 518 Å². The lowest BCUT2D eigenvalue weighted by molar-refractivity contribution is 0.405. The van der Waals surface area contributed by atoms with Crippen molar-refractivity contribution in [2.45, 2.75) is 118 Å². The molecule has 0 amide bonds. The Kier molecular flexibility index (Phi) is 14.0. The first-order valence-electron chi connectivity index (χ1n) is 30.8. The number of hydrogen-bond acceptors (Lipinski definition) is 6. The number of aromatic amines is 2. The molecule has 8 nitrogen and oxygen atoms in total. The number of rotatable bonds is 6. The summed E-state index contributed by atoms with van der Waals surface area (Å²) in [5.74, 6) is 4.43. The van der Waals surface area contributed by atoms with E-state index in [9.17, 15) is 0 Å². The first kappa shape index (κ1) is 57.9. The molecule has 2 aromatic heterocycles. The van der Waals surface area contributed by atoms with Gasteiger partial charge >= 0.3 is 0 Å².